The first-order valence-corrected chi connectivity index (χ1v) is 16.4. The molecule has 0 aliphatic carbocycles. The molecule has 0 bridgehead atoms. The van der Waals surface area contributed by atoms with Gasteiger partial charge in [0.15, 0.2) is 5.78 Å². The number of carbonyl (C=O) groups is 3. The molecule has 1 aliphatic heterocycles. The number of ketones is 1. The van der Waals surface area contributed by atoms with E-state index in [1.54, 1.807) is 30.3 Å². The van der Waals surface area contributed by atoms with Gasteiger partial charge in [-0.25, -0.2) is 0 Å². The van der Waals surface area contributed by atoms with Crippen LogP contribution < -0.4 is 16.0 Å². The highest BCUT2D eigenvalue weighted by Gasteiger charge is 2.45. The van der Waals surface area contributed by atoms with Crippen LogP contribution in [0.2, 0.25) is 0 Å². The van der Waals surface area contributed by atoms with Gasteiger partial charge < -0.3 is 30.2 Å². The summed E-state index contributed by atoms with van der Waals surface area (Å²) in [6.07, 6.45) is 0.0402. The molecule has 3 aromatic rings. The Morgan fingerprint density at radius 3 is 1.91 bits per heavy atom. The minimum Gasteiger partial charge on any atom is -0.502 e. The fourth-order valence-corrected chi connectivity index (χ4v) is 5.11. The summed E-state index contributed by atoms with van der Waals surface area (Å²) in [5.74, 6) is -1.99. The van der Waals surface area contributed by atoms with Crippen LogP contribution in [0.4, 0.5) is 0 Å². The summed E-state index contributed by atoms with van der Waals surface area (Å²) in [4.78, 5) is 39.6. The van der Waals surface area contributed by atoms with Gasteiger partial charge in [-0.05, 0) is 23.3 Å². The van der Waals surface area contributed by atoms with Crippen molar-refractivity contribution in [2.45, 2.75) is 38.4 Å². The number of rotatable bonds is 15. The predicted molar refractivity (Wildman–Crippen MR) is 173 cm³/mol. The van der Waals surface area contributed by atoms with Crippen LogP contribution in [0.25, 0.3) is 0 Å². The van der Waals surface area contributed by atoms with Crippen LogP contribution in [0.1, 0.15) is 28.4 Å². The van der Waals surface area contributed by atoms with E-state index in [4.69, 9.17) is 18.4 Å². The van der Waals surface area contributed by atoms with Crippen molar-refractivity contribution in [3.63, 3.8) is 0 Å². The van der Waals surface area contributed by atoms with Crippen LogP contribution in [-0.4, -0.2) is 64.2 Å². The molecular weight excluding hydrogens is 626 g/mol. The summed E-state index contributed by atoms with van der Waals surface area (Å²) in [5, 5.41) is 8.31. The lowest BCUT2D eigenvalue weighted by molar-refractivity contribution is -0.120. The number of amides is 2. The summed E-state index contributed by atoms with van der Waals surface area (Å²) < 4.78 is 46.9. The molecule has 3 atom stereocenters. The largest absolute Gasteiger partial charge is 0.502 e. The van der Waals surface area contributed by atoms with Gasteiger partial charge in [-0.3, -0.25) is 18.6 Å². The van der Waals surface area contributed by atoms with Crippen molar-refractivity contribution in [3.05, 3.63) is 131 Å². The van der Waals surface area contributed by atoms with Gasteiger partial charge in [0.2, 0.25) is 0 Å². The Kier molecular flexibility index (Phi) is 12.4. The van der Waals surface area contributed by atoms with Gasteiger partial charge in [0.25, 0.3) is 21.9 Å². The van der Waals surface area contributed by atoms with Crippen LogP contribution in [-0.2, 0) is 51.3 Å². The van der Waals surface area contributed by atoms with E-state index in [2.05, 4.69) is 16.0 Å². The van der Waals surface area contributed by atoms with Gasteiger partial charge >= 0.3 is 0 Å². The number of hydrogen-bond acceptors (Lipinski definition) is 10. The molecule has 1 heterocycles. The molecule has 3 aromatic carbocycles. The standard InChI is InChI=1S/C34H37N3O9S/c1-23(38)27(21-43-2)36-34(40)30(37-33(39)26-17-11-6-12-18-26)29-32(45-20-25-15-9-5-10-16-25)31(28(35-29)22-46-47(3,41)42)44-19-24-13-7-4-8-14-24/h4-18,21,28,31-32,35H,19-20,22H2,1-3H3,(H,36,40)(H,37,39)/t28-,31+,32+/m0/s1. The van der Waals surface area contributed by atoms with Gasteiger partial charge in [0, 0.05) is 12.5 Å². The Labute approximate surface area is 273 Å². The predicted octanol–water partition coefficient (Wildman–Crippen LogP) is 2.94. The summed E-state index contributed by atoms with van der Waals surface area (Å²) in [7, 11) is -2.56. The van der Waals surface area contributed by atoms with Crippen molar-refractivity contribution in [2.24, 2.45) is 0 Å². The third-order valence-electron chi connectivity index (χ3n) is 6.97. The maximum Gasteiger partial charge on any atom is 0.274 e. The Morgan fingerprint density at radius 1 is 0.830 bits per heavy atom. The number of nitrogens with one attached hydrogen (secondary N) is 3. The van der Waals surface area contributed by atoms with E-state index < -0.39 is 46.0 Å². The highest BCUT2D eigenvalue weighted by atomic mass is 32.2. The lowest BCUT2D eigenvalue weighted by Crippen LogP contribution is -2.40. The summed E-state index contributed by atoms with van der Waals surface area (Å²) in [6, 6.07) is 25.9. The Balaban J connectivity index is 1.82. The van der Waals surface area contributed by atoms with Crippen LogP contribution in [0.5, 0.6) is 0 Å². The number of allylic oxidation sites excluding steroid dienone is 1. The molecule has 0 unspecified atom stereocenters. The van der Waals surface area contributed by atoms with E-state index in [-0.39, 0.29) is 42.5 Å². The topological polar surface area (TPSA) is 158 Å². The maximum absolute atomic E-state index is 13.9. The number of ether oxygens (including phenoxy) is 3. The van der Waals surface area contributed by atoms with Crippen molar-refractivity contribution in [1.82, 2.24) is 16.0 Å². The van der Waals surface area contributed by atoms with Crippen molar-refractivity contribution in [2.75, 3.05) is 20.0 Å². The number of carbonyl (C=O) groups excluding carboxylic acids is 3. The van der Waals surface area contributed by atoms with Crippen molar-refractivity contribution >= 4 is 27.7 Å². The van der Waals surface area contributed by atoms with Crippen molar-refractivity contribution in [3.8, 4) is 0 Å². The van der Waals surface area contributed by atoms with E-state index in [1.165, 1.54) is 14.0 Å². The van der Waals surface area contributed by atoms with Crippen LogP contribution >= 0.6 is 0 Å². The highest BCUT2D eigenvalue weighted by Crippen LogP contribution is 2.29. The van der Waals surface area contributed by atoms with E-state index >= 15 is 0 Å². The van der Waals surface area contributed by atoms with E-state index in [1.807, 2.05) is 60.7 Å². The molecule has 1 fully saturated rings. The quantitative estimate of drug-likeness (QED) is 0.125. The average Bonchev–Trinajstić information content (AvgIpc) is 3.41. The number of Topliss-reactive ketones (excluding diaryl/α,β-unsaturated/α-hetero) is 1. The molecule has 248 valence electrons. The molecule has 1 saturated heterocycles. The maximum atomic E-state index is 13.9. The molecule has 3 N–H and O–H groups in total. The van der Waals surface area contributed by atoms with Gasteiger partial charge in [-0.1, -0.05) is 78.9 Å². The van der Waals surface area contributed by atoms with Gasteiger partial charge in [0.1, 0.15) is 29.9 Å². The molecule has 4 rings (SSSR count). The third kappa shape index (κ3) is 10.3. The Hall–Kier alpha value is -4.82. The SMILES string of the molecule is COC=C(NC(=O)C(NC(=O)c1ccccc1)=C1N[C@@H](COS(C)(=O)=O)[C@@H](OCc2ccccc2)[C@@H]1OCc1ccccc1)C(C)=O. The van der Waals surface area contributed by atoms with Crippen LogP contribution in [0.15, 0.2) is 114 Å². The van der Waals surface area contributed by atoms with E-state index in [0.717, 1.165) is 23.6 Å². The fourth-order valence-electron chi connectivity index (χ4n) is 4.72. The smallest absolute Gasteiger partial charge is 0.274 e. The first kappa shape index (κ1) is 35.0. The zero-order valence-corrected chi connectivity index (χ0v) is 27.0. The zero-order valence-electron chi connectivity index (χ0n) is 26.2. The first-order chi connectivity index (χ1) is 22.6. The lowest BCUT2D eigenvalue weighted by Gasteiger charge is -2.24. The zero-order chi connectivity index (χ0) is 33.8. The second kappa shape index (κ2) is 16.7. The summed E-state index contributed by atoms with van der Waals surface area (Å²) in [5.41, 5.74) is 1.54. The molecule has 0 aromatic heterocycles. The second-order valence-corrected chi connectivity index (χ2v) is 12.2. The number of benzene rings is 3. The van der Waals surface area contributed by atoms with Gasteiger partial charge in [0.05, 0.1) is 44.9 Å². The Bertz CT molecular complexity index is 1700. The fraction of sp³-hybridized carbons (Fsp3) is 0.265. The molecule has 1 aliphatic rings. The molecule has 0 spiro atoms. The highest BCUT2D eigenvalue weighted by molar-refractivity contribution is 7.85. The van der Waals surface area contributed by atoms with Crippen molar-refractivity contribution in [1.29, 1.82) is 0 Å². The molecule has 0 radical (unpaired) electrons. The van der Waals surface area contributed by atoms with E-state index in [9.17, 15) is 22.8 Å². The molecular formula is C34H37N3O9S. The van der Waals surface area contributed by atoms with Crippen LogP contribution in [0.3, 0.4) is 0 Å². The summed E-state index contributed by atoms with van der Waals surface area (Å²) >= 11 is 0. The molecule has 47 heavy (non-hydrogen) atoms. The molecule has 13 heteroatoms. The minimum atomic E-state index is -3.88. The number of methoxy groups -OCH3 is 1. The van der Waals surface area contributed by atoms with Gasteiger partial charge in [-0.2, -0.15) is 8.42 Å². The lowest BCUT2D eigenvalue weighted by atomic mass is 10.1. The normalized spacial score (nSPS) is 19.0. The van der Waals surface area contributed by atoms with Crippen molar-refractivity contribution < 1.29 is 41.2 Å². The van der Waals surface area contributed by atoms with Crippen LogP contribution in [0, 0.1) is 0 Å². The van der Waals surface area contributed by atoms with E-state index in [0.29, 0.717) is 0 Å². The molecule has 2 amide bonds. The average molecular weight is 664 g/mol. The Morgan fingerprint density at radius 2 is 1.38 bits per heavy atom. The second-order valence-electron chi connectivity index (χ2n) is 10.6. The monoisotopic (exact) mass is 663 g/mol. The summed E-state index contributed by atoms with van der Waals surface area (Å²) in [6.45, 7) is 1.05. The van der Waals surface area contributed by atoms with Gasteiger partial charge in [-0.15, -0.1) is 0 Å². The molecule has 12 nitrogen and oxygen atoms in total. The first-order valence-electron chi connectivity index (χ1n) is 14.6. The third-order valence-corrected chi connectivity index (χ3v) is 7.54. The molecule has 0 saturated carbocycles. The minimum absolute atomic E-state index is 0.0747. The number of hydrogen-bond donors (Lipinski definition) is 3.